The summed E-state index contributed by atoms with van der Waals surface area (Å²) >= 11 is 1.50. The largest absolute Gasteiger partial charge is 0.325 e. The summed E-state index contributed by atoms with van der Waals surface area (Å²) < 4.78 is 1.54. The van der Waals surface area contributed by atoms with Crippen molar-refractivity contribution in [1.82, 2.24) is 24.9 Å². The molecule has 0 spiro atoms. The molecule has 3 heterocycles. The van der Waals surface area contributed by atoms with Crippen LogP contribution < -0.4 is 5.32 Å². The van der Waals surface area contributed by atoms with E-state index in [9.17, 15) is 9.59 Å². The number of rotatable bonds is 4. The molecule has 2 aromatic heterocycles. The molecule has 1 aromatic carbocycles. The molecule has 1 unspecified atom stereocenters. The van der Waals surface area contributed by atoms with Gasteiger partial charge in [-0.1, -0.05) is 23.5 Å². The minimum absolute atomic E-state index is 0.164. The summed E-state index contributed by atoms with van der Waals surface area (Å²) in [5.74, 6) is -0.339. The molecule has 1 saturated heterocycles. The molecule has 2 amide bonds. The van der Waals surface area contributed by atoms with E-state index in [-0.39, 0.29) is 11.8 Å². The Labute approximate surface area is 172 Å². The number of amides is 2. The quantitative estimate of drug-likeness (QED) is 0.714. The number of anilines is 1. The Kier molecular flexibility index (Phi) is 5.39. The van der Waals surface area contributed by atoms with E-state index in [0.717, 1.165) is 28.4 Å². The number of aromatic nitrogens is 4. The van der Waals surface area contributed by atoms with Gasteiger partial charge in [0.15, 0.2) is 0 Å². The minimum Gasteiger partial charge on any atom is -0.325 e. The zero-order valence-corrected chi connectivity index (χ0v) is 17.1. The van der Waals surface area contributed by atoms with Gasteiger partial charge in [-0.2, -0.15) is 5.10 Å². The number of piperidine rings is 1. The fourth-order valence-electron chi connectivity index (χ4n) is 3.55. The van der Waals surface area contributed by atoms with E-state index >= 15 is 0 Å². The molecule has 0 bridgehead atoms. The number of nitrogens with one attached hydrogen (secondary N) is 1. The Balaban J connectivity index is 1.52. The Morgan fingerprint density at radius 2 is 2.07 bits per heavy atom. The van der Waals surface area contributed by atoms with Gasteiger partial charge in [0.25, 0.3) is 5.91 Å². The van der Waals surface area contributed by atoms with E-state index in [1.807, 2.05) is 31.2 Å². The Hall–Kier alpha value is -3.07. The summed E-state index contributed by atoms with van der Waals surface area (Å²) in [5.41, 5.74) is 2.07. The average molecular weight is 411 g/mol. The fourth-order valence-corrected chi connectivity index (χ4v) is 4.23. The molecule has 1 N–H and O–H groups in total. The lowest BCUT2D eigenvalue weighted by Gasteiger charge is -2.34. The van der Waals surface area contributed by atoms with Crippen molar-refractivity contribution < 1.29 is 9.59 Å². The Morgan fingerprint density at radius 3 is 2.79 bits per heavy atom. The van der Waals surface area contributed by atoms with Gasteiger partial charge in [-0.25, -0.2) is 0 Å². The Bertz CT molecular complexity index is 1040. The maximum Gasteiger partial charge on any atom is 0.272 e. The maximum absolute atomic E-state index is 13.0. The summed E-state index contributed by atoms with van der Waals surface area (Å²) in [6.07, 6.45) is 4.04. The van der Waals surface area contributed by atoms with Crippen LogP contribution in [0.4, 0.5) is 5.69 Å². The van der Waals surface area contributed by atoms with Gasteiger partial charge in [0, 0.05) is 31.0 Å². The molecule has 1 fully saturated rings. The first-order valence-corrected chi connectivity index (χ1v) is 10.3. The van der Waals surface area contributed by atoms with Crippen molar-refractivity contribution in [2.45, 2.75) is 32.2 Å². The van der Waals surface area contributed by atoms with Crippen LogP contribution in [0.15, 0.2) is 36.5 Å². The third-order valence-corrected chi connectivity index (χ3v) is 5.90. The first-order valence-electron chi connectivity index (χ1n) is 9.53. The molecule has 8 nitrogen and oxygen atoms in total. The molecular formula is C20H22N6O2S. The number of likely N-dealkylation sites (tertiary alicyclic amines) is 1. The van der Waals surface area contributed by atoms with Gasteiger partial charge in [0.1, 0.15) is 21.8 Å². The molecule has 0 aliphatic carbocycles. The fraction of sp³-hybridized carbons (Fsp3) is 0.350. The van der Waals surface area contributed by atoms with Gasteiger partial charge in [-0.15, -0.1) is 10.2 Å². The highest BCUT2D eigenvalue weighted by Crippen LogP contribution is 2.26. The first-order chi connectivity index (χ1) is 14.0. The molecule has 4 rings (SSSR count). The van der Waals surface area contributed by atoms with E-state index in [1.54, 1.807) is 28.9 Å². The molecule has 150 valence electrons. The van der Waals surface area contributed by atoms with Gasteiger partial charge in [-0.3, -0.25) is 14.3 Å². The van der Waals surface area contributed by atoms with E-state index in [1.165, 1.54) is 11.3 Å². The molecule has 1 atom stereocenters. The van der Waals surface area contributed by atoms with E-state index in [4.69, 9.17) is 0 Å². The second kappa shape index (κ2) is 8.12. The lowest BCUT2D eigenvalue weighted by atomic mass is 10.0. The molecular weight excluding hydrogens is 388 g/mol. The number of hydrogen-bond acceptors (Lipinski definition) is 6. The van der Waals surface area contributed by atoms with Crippen LogP contribution in [-0.2, 0) is 11.8 Å². The predicted octanol–water partition coefficient (Wildman–Crippen LogP) is 2.88. The first kappa shape index (κ1) is 19.3. The van der Waals surface area contributed by atoms with Gasteiger partial charge < -0.3 is 10.2 Å². The number of benzene rings is 1. The number of nitrogens with zero attached hydrogens (tertiary/aromatic N) is 5. The van der Waals surface area contributed by atoms with Crippen molar-refractivity contribution in [3.8, 4) is 10.6 Å². The summed E-state index contributed by atoms with van der Waals surface area (Å²) in [4.78, 5) is 27.7. The Morgan fingerprint density at radius 1 is 1.21 bits per heavy atom. The van der Waals surface area contributed by atoms with Crippen molar-refractivity contribution in [3.05, 3.63) is 47.2 Å². The van der Waals surface area contributed by atoms with Gasteiger partial charge >= 0.3 is 0 Å². The second-order valence-electron chi connectivity index (χ2n) is 7.05. The monoisotopic (exact) mass is 410 g/mol. The van der Waals surface area contributed by atoms with Crippen LogP contribution in [0.25, 0.3) is 10.6 Å². The van der Waals surface area contributed by atoms with Crippen LogP contribution in [0.2, 0.25) is 0 Å². The molecule has 29 heavy (non-hydrogen) atoms. The van der Waals surface area contributed by atoms with Crippen LogP contribution in [0.3, 0.4) is 0 Å². The summed E-state index contributed by atoms with van der Waals surface area (Å²) in [7, 11) is 1.73. The summed E-state index contributed by atoms with van der Waals surface area (Å²) in [6.45, 7) is 2.47. The number of hydrogen-bond donors (Lipinski definition) is 1. The van der Waals surface area contributed by atoms with E-state index in [2.05, 4.69) is 20.6 Å². The van der Waals surface area contributed by atoms with Crippen LogP contribution in [0, 0.1) is 6.92 Å². The van der Waals surface area contributed by atoms with Crippen molar-refractivity contribution in [3.63, 3.8) is 0 Å². The number of carbonyl (C=O) groups is 2. The molecule has 0 radical (unpaired) electrons. The van der Waals surface area contributed by atoms with Crippen molar-refractivity contribution in [2.24, 2.45) is 7.05 Å². The summed E-state index contributed by atoms with van der Waals surface area (Å²) in [5, 5.41) is 17.0. The standard InChI is InChI=1S/C20H22N6O2S/c1-13-23-24-19(29-13)14-6-5-7-15(12-14)22-18(27)16-8-3-4-11-26(16)20(28)17-9-10-21-25(17)2/h5-7,9-10,12,16H,3-4,8,11H2,1-2H3,(H,22,27). The van der Waals surface area contributed by atoms with Crippen molar-refractivity contribution in [2.75, 3.05) is 11.9 Å². The average Bonchev–Trinajstić information content (AvgIpc) is 3.36. The normalized spacial score (nSPS) is 16.6. The predicted molar refractivity (Wildman–Crippen MR) is 111 cm³/mol. The SMILES string of the molecule is Cc1nnc(-c2cccc(NC(=O)C3CCCCN3C(=O)c3ccnn3C)c2)s1. The lowest BCUT2D eigenvalue weighted by molar-refractivity contribution is -0.121. The zero-order valence-electron chi connectivity index (χ0n) is 16.3. The second-order valence-corrected chi connectivity index (χ2v) is 8.23. The highest BCUT2D eigenvalue weighted by molar-refractivity contribution is 7.14. The highest BCUT2D eigenvalue weighted by Gasteiger charge is 2.33. The van der Waals surface area contributed by atoms with Gasteiger partial charge in [0.05, 0.1) is 0 Å². The maximum atomic E-state index is 13.0. The third-order valence-electron chi connectivity index (χ3n) is 5.01. The lowest BCUT2D eigenvalue weighted by Crippen LogP contribution is -2.50. The van der Waals surface area contributed by atoms with E-state index < -0.39 is 6.04 Å². The van der Waals surface area contributed by atoms with Gasteiger partial charge in [0.2, 0.25) is 5.91 Å². The molecule has 1 aliphatic rings. The van der Waals surface area contributed by atoms with Crippen molar-refractivity contribution in [1.29, 1.82) is 0 Å². The molecule has 9 heteroatoms. The van der Waals surface area contributed by atoms with Crippen LogP contribution in [-0.4, -0.2) is 49.3 Å². The summed E-state index contributed by atoms with van der Waals surface area (Å²) in [6, 6.07) is 8.72. The zero-order chi connectivity index (χ0) is 20.4. The topological polar surface area (TPSA) is 93.0 Å². The van der Waals surface area contributed by atoms with E-state index in [0.29, 0.717) is 24.3 Å². The number of aryl methyl sites for hydroxylation is 2. The molecule has 1 aliphatic heterocycles. The third kappa shape index (κ3) is 4.04. The van der Waals surface area contributed by atoms with Crippen LogP contribution >= 0.6 is 11.3 Å². The van der Waals surface area contributed by atoms with Crippen LogP contribution in [0.5, 0.6) is 0 Å². The highest BCUT2D eigenvalue weighted by atomic mass is 32.1. The minimum atomic E-state index is -0.501. The number of carbonyl (C=O) groups excluding carboxylic acids is 2. The van der Waals surface area contributed by atoms with Crippen LogP contribution in [0.1, 0.15) is 34.8 Å². The molecule has 3 aromatic rings. The smallest absolute Gasteiger partial charge is 0.272 e. The van der Waals surface area contributed by atoms with Gasteiger partial charge in [-0.05, 0) is 44.4 Å². The van der Waals surface area contributed by atoms with Crippen molar-refractivity contribution >= 4 is 28.8 Å². The molecule has 0 saturated carbocycles.